The Bertz CT molecular complexity index is 431. The Balaban J connectivity index is 1.78. The van der Waals surface area contributed by atoms with Crippen LogP contribution in [0.25, 0.3) is 0 Å². The maximum absolute atomic E-state index is 12.1. The summed E-state index contributed by atoms with van der Waals surface area (Å²) in [5, 5.41) is 7.25. The van der Waals surface area contributed by atoms with Crippen molar-refractivity contribution >= 4 is 6.03 Å². The molecule has 20 heavy (non-hydrogen) atoms. The first-order valence-corrected chi connectivity index (χ1v) is 7.41. The summed E-state index contributed by atoms with van der Waals surface area (Å²) in [5.41, 5.74) is 1.05. The number of amides is 2. The lowest BCUT2D eigenvalue weighted by atomic mass is 10.3. The molecule has 6 heteroatoms. The van der Waals surface area contributed by atoms with Crippen molar-refractivity contribution in [2.24, 2.45) is 0 Å². The summed E-state index contributed by atoms with van der Waals surface area (Å²) in [6, 6.07) is 0.0311. The largest absolute Gasteiger partial charge is 0.334 e. The molecule has 1 saturated heterocycles. The summed E-state index contributed by atoms with van der Waals surface area (Å²) in [4.78, 5) is 16.3. The summed E-state index contributed by atoms with van der Waals surface area (Å²) < 4.78 is 1.92. The van der Waals surface area contributed by atoms with Crippen LogP contribution in [0.5, 0.6) is 0 Å². The second-order valence-electron chi connectivity index (χ2n) is 5.41. The number of nitrogens with one attached hydrogen (secondary N) is 1. The summed E-state index contributed by atoms with van der Waals surface area (Å²) >= 11 is 0. The van der Waals surface area contributed by atoms with Gasteiger partial charge in [-0.25, -0.2) is 4.79 Å². The molecule has 0 bridgehead atoms. The SMILES string of the molecule is CCCn1cc(CNC(=O)N2CCCN(C)CC2)cn1. The Labute approximate surface area is 120 Å². The highest BCUT2D eigenvalue weighted by atomic mass is 16.2. The number of carbonyl (C=O) groups excluding carboxylic acids is 1. The molecule has 112 valence electrons. The van der Waals surface area contributed by atoms with E-state index < -0.39 is 0 Å². The van der Waals surface area contributed by atoms with Crippen LogP contribution in [-0.4, -0.2) is 58.8 Å². The van der Waals surface area contributed by atoms with Gasteiger partial charge < -0.3 is 15.1 Å². The van der Waals surface area contributed by atoms with Gasteiger partial charge in [0.2, 0.25) is 0 Å². The van der Waals surface area contributed by atoms with Crippen molar-refractivity contribution in [3.05, 3.63) is 18.0 Å². The van der Waals surface area contributed by atoms with Gasteiger partial charge in [-0.1, -0.05) is 6.92 Å². The van der Waals surface area contributed by atoms with Gasteiger partial charge in [-0.15, -0.1) is 0 Å². The van der Waals surface area contributed by atoms with Gasteiger partial charge in [-0.3, -0.25) is 4.68 Å². The molecule has 0 spiro atoms. The van der Waals surface area contributed by atoms with Crippen molar-refractivity contribution in [1.29, 1.82) is 0 Å². The first kappa shape index (κ1) is 14.8. The van der Waals surface area contributed by atoms with E-state index in [1.54, 1.807) is 0 Å². The number of likely N-dealkylation sites (N-methyl/N-ethyl adjacent to an activating group) is 1. The zero-order valence-corrected chi connectivity index (χ0v) is 12.5. The number of carbonyl (C=O) groups is 1. The van der Waals surface area contributed by atoms with E-state index in [9.17, 15) is 4.79 Å². The van der Waals surface area contributed by atoms with Crippen molar-refractivity contribution < 1.29 is 4.79 Å². The zero-order chi connectivity index (χ0) is 14.4. The van der Waals surface area contributed by atoms with Crippen LogP contribution < -0.4 is 5.32 Å². The first-order chi connectivity index (χ1) is 9.69. The lowest BCUT2D eigenvalue weighted by Crippen LogP contribution is -2.41. The zero-order valence-electron chi connectivity index (χ0n) is 12.5. The molecule has 2 rings (SSSR count). The molecule has 1 aromatic rings. The average molecular weight is 279 g/mol. The highest BCUT2D eigenvalue weighted by Crippen LogP contribution is 2.03. The molecule has 2 heterocycles. The quantitative estimate of drug-likeness (QED) is 0.899. The molecule has 0 atom stereocenters. The van der Waals surface area contributed by atoms with Gasteiger partial charge in [0.25, 0.3) is 0 Å². The monoisotopic (exact) mass is 279 g/mol. The fraction of sp³-hybridized carbons (Fsp3) is 0.714. The van der Waals surface area contributed by atoms with Crippen LogP contribution in [0.15, 0.2) is 12.4 Å². The molecule has 1 fully saturated rings. The average Bonchev–Trinajstić information content (AvgIpc) is 2.76. The maximum Gasteiger partial charge on any atom is 0.317 e. The molecule has 2 amide bonds. The number of hydrogen-bond donors (Lipinski definition) is 1. The first-order valence-electron chi connectivity index (χ1n) is 7.41. The Morgan fingerprint density at radius 1 is 1.35 bits per heavy atom. The number of hydrogen-bond acceptors (Lipinski definition) is 3. The Kier molecular flexibility index (Phi) is 5.40. The van der Waals surface area contributed by atoms with Crippen LogP contribution in [0.4, 0.5) is 4.79 Å². The normalized spacial score (nSPS) is 17.0. The maximum atomic E-state index is 12.1. The van der Waals surface area contributed by atoms with Gasteiger partial charge in [-0.05, 0) is 26.4 Å². The van der Waals surface area contributed by atoms with Crippen LogP contribution in [-0.2, 0) is 13.1 Å². The molecule has 0 radical (unpaired) electrons. The van der Waals surface area contributed by atoms with Gasteiger partial charge in [0.15, 0.2) is 0 Å². The third-order valence-electron chi connectivity index (χ3n) is 3.59. The number of rotatable bonds is 4. The van der Waals surface area contributed by atoms with Crippen LogP contribution in [0, 0.1) is 0 Å². The Morgan fingerprint density at radius 3 is 3.00 bits per heavy atom. The van der Waals surface area contributed by atoms with Gasteiger partial charge in [0, 0.05) is 44.5 Å². The van der Waals surface area contributed by atoms with Gasteiger partial charge in [0.05, 0.1) is 6.20 Å². The molecule has 0 aliphatic carbocycles. The summed E-state index contributed by atoms with van der Waals surface area (Å²) in [5.74, 6) is 0. The van der Waals surface area contributed by atoms with Crippen molar-refractivity contribution in [1.82, 2.24) is 24.9 Å². The predicted molar refractivity (Wildman–Crippen MR) is 78.4 cm³/mol. The fourth-order valence-corrected chi connectivity index (χ4v) is 2.39. The number of aromatic nitrogens is 2. The molecule has 1 aliphatic rings. The third kappa shape index (κ3) is 4.23. The number of aryl methyl sites for hydroxylation is 1. The van der Waals surface area contributed by atoms with Gasteiger partial charge in [0.1, 0.15) is 0 Å². The minimum Gasteiger partial charge on any atom is -0.334 e. The fourth-order valence-electron chi connectivity index (χ4n) is 2.39. The Morgan fingerprint density at radius 2 is 2.20 bits per heavy atom. The van der Waals surface area contributed by atoms with E-state index in [-0.39, 0.29) is 6.03 Å². The van der Waals surface area contributed by atoms with Crippen molar-refractivity contribution in [2.45, 2.75) is 32.9 Å². The molecular formula is C14H25N5O. The van der Waals surface area contributed by atoms with Crippen LogP contribution in [0.2, 0.25) is 0 Å². The standard InChI is InChI=1S/C14H25N5O/c1-3-5-19-12-13(11-16-19)10-15-14(20)18-7-4-6-17(2)8-9-18/h11-12H,3-10H2,1-2H3,(H,15,20). The van der Waals surface area contributed by atoms with E-state index in [2.05, 4.69) is 29.3 Å². The molecular weight excluding hydrogens is 254 g/mol. The van der Waals surface area contributed by atoms with Crippen molar-refractivity contribution in [3.8, 4) is 0 Å². The van der Waals surface area contributed by atoms with Gasteiger partial charge >= 0.3 is 6.03 Å². The van der Waals surface area contributed by atoms with Crippen LogP contribution in [0.1, 0.15) is 25.3 Å². The van der Waals surface area contributed by atoms with E-state index in [0.29, 0.717) is 6.54 Å². The molecule has 1 aromatic heterocycles. The minimum absolute atomic E-state index is 0.0311. The van der Waals surface area contributed by atoms with Crippen LogP contribution in [0.3, 0.4) is 0 Å². The topological polar surface area (TPSA) is 53.4 Å². The summed E-state index contributed by atoms with van der Waals surface area (Å²) in [6.45, 7) is 7.25. The molecule has 0 unspecified atom stereocenters. The summed E-state index contributed by atoms with van der Waals surface area (Å²) in [6.07, 6.45) is 5.93. The molecule has 1 aliphatic heterocycles. The second kappa shape index (κ2) is 7.28. The lowest BCUT2D eigenvalue weighted by Gasteiger charge is -2.20. The molecule has 0 saturated carbocycles. The predicted octanol–water partition coefficient (Wildman–Crippen LogP) is 1.14. The molecule has 6 nitrogen and oxygen atoms in total. The van der Waals surface area contributed by atoms with Gasteiger partial charge in [-0.2, -0.15) is 5.10 Å². The molecule has 0 aromatic carbocycles. The van der Waals surface area contributed by atoms with Crippen molar-refractivity contribution in [2.75, 3.05) is 33.2 Å². The lowest BCUT2D eigenvalue weighted by molar-refractivity contribution is 0.199. The van der Waals surface area contributed by atoms with E-state index in [1.807, 2.05) is 22.0 Å². The van der Waals surface area contributed by atoms with E-state index in [1.165, 1.54) is 0 Å². The highest BCUT2D eigenvalue weighted by Gasteiger charge is 2.16. The highest BCUT2D eigenvalue weighted by molar-refractivity contribution is 5.74. The van der Waals surface area contributed by atoms with Crippen LogP contribution >= 0.6 is 0 Å². The smallest absolute Gasteiger partial charge is 0.317 e. The minimum atomic E-state index is 0.0311. The second-order valence-corrected chi connectivity index (χ2v) is 5.41. The molecule has 1 N–H and O–H groups in total. The van der Waals surface area contributed by atoms with E-state index >= 15 is 0 Å². The van der Waals surface area contributed by atoms with Crippen molar-refractivity contribution in [3.63, 3.8) is 0 Å². The Hall–Kier alpha value is -1.56. The number of urea groups is 1. The summed E-state index contributed by atoms with van der Waals surface area (Å²) in [7, 11) is 2.10. The van der Waals surface area contributed by atoms with E-state index in [4.69, 9.17) is 0 Å². The third-order valence-corrected chi connectivity index (χ3v) is 3.59. The van der Waals surface area contributed by atoms with E-state index in [0.717, 1.165) is 51.1 Å². The number of nitrogens with zero attached hydrogens (tertiary/aromatic N) is 4.